The Kier molecular flexibility index (Phi) is 3.57. The molecule has 2 aliphatic carbocycles. The van der Waals surface area contributed by atoms with Gasteiger partial charge in [0, 0.05) is 24.2 Å². The Labute approximate surface area is 124 Å². The summed E-state index contributed by atoms with van der Waals surface area (Å²) in [4.78, 5) is 14.3. The van der Waals surface area contributed by atoms with Crippen LogP contribution in [0.3, 0.4) is 0 Å². The molecule has 3 N–H and O–H groups in total. The molecule has 5 heteroatoms. The normalized spacial score (nSPS) is 27.9. The molecule has 0 heterocycles. The number of amides is 1. The summed E-state index contributed by atoms with van der Waals surface area (Å²) in [6.07, 6.45) is 4.90. The van der Waals surface area contributed by atoms with Crippen molar-refractivity contribution >= 4 is 17.4 Å². The van der Waals surface area contributed by atoms with Crippen LogP contribution in [-0.4, -0.2) is 24.0 Å². The summed E-state index contributed by atoms with van der Waals surface area (Å²) < 4.78 is 0. The molecule has 0 radical (unpaired) electrons. The van der Waals surface area contributed by atoms with Gasteiger partial charge in [-0.25, -0.2) is 0 Å². The van der Waals surface area contributed by atoms with Crippen LogP contribution in [0.2, 0.25) is 0 Å². The lowest BCUT2D eigenvalue weighted by atomic mass is 10.0. The van der Waals surface area contributed by atoms with Crippen molar-refractivity contribution in [3.8, 4) is 0 Å². The molecule has 3 rings (SSSR count). The van der Waals surface area contributed by atoms with Gasteiger partial charge in [0.15, 0.2) is 5.84 Å². The summed E-state index contributed by atoms with van der Waals surface area (Å²) >= 11 is 0. The lowest BCUT2D eigenvalue weighted by Gasteiger charge is -2.18. The number of nitrogens with two attached hydrogens (primary N) is 1. The van der Waals surface area contributed by atoms with Crippen molar-refractivity contribution in [2.45, 2.75) is 25.7 Å². The molecule has 2 atom stereocenters. The molecule has 112 valence electrons. The summed E-state index contributed by atoms with van der Waals surface area (Å²) in [7, 11) is 1.80. The molecule has 0 bridgehead atoms. The smallest absolute Gasteiger partial charge is 0.230 e. The van der Waals surface area contributed by atoms with Crippen LogP contribution in [0.5, 0.6) is 0 Å². The number of carbonyl (C=O) groups excluding carboxylic acids is 1. The topological polar surface area (TPSA) is 78.9 Å². The minimum Gasteiger partial charge on any atom is -0.409 e. The van der Waals surface area contributed by atoms with Crippen LogP contribution in [0.4, 0.5) is 5.69 Å². The average molecular weight is 287 g/mol. The molecule has 0 aliphatic heterocycles. The number of carbonyl (C=O) groups is 1. The van der Waals surface area contributed by atoms with E-state index in [-0.39, 0.29) is 17.7 Å². The van der Waals surface area contributed by atoms with Crippen molar-refractivity contribution < 1.29 is 10.0 Å². The standard InChI is InChI=1S/C16H21N3O2/c1-19(11-6-4-5-10(9-11)15(17)18-21)16(20)14-12-7-2-3-8-13(12)14/h4-6,9,12-14,21H,2-3,7-8H2,1H3,(H2,17,18). The summed E-state index contributed by atoms with van der Waals surface area (Å²) in [6, 6.07) is 7.22. The highest BCUT2D eigenvalue weighted by Gasteiger charge is 2.55. The Bertz CT molecular complexity index is 573. The van der Waals surface area contributed by atoms with Crippen molar-refractivity contribution in [3.63, 3.8) is 0 Å². The number of amidine groups is 1. The Morgan fingerprint density at radius 1 is 1.33 bits per heavy atom. The van der Waals surface area contributed by atoms with E-state index in [0.29, 0.717) is 17.4 Å². The minimum atomic E-state index is 0.0535. The van der Waals surface area contributed by atoms with Crippen molar-refractivity contribution in [1.29, 1.82) is 0 Å². The number of hydrogen-bond acceptors (Lipinski definition) is 3. The molecule has 5 nitrogen and oxygen atoms in total. The zero-order valence-electron chi connectivity index (χ0n) is 12.2. The molecule has 21 heavy (non-hydrogen) atoms. The molecule has 2 aliphatic rings. The average Bonchev–Trinajstić information content (AvgIpc) is 3.27. The quantitative estimate of drug-likeness (QED) is 0.387. The number of hydrogen-bond donors (Lipinski definition) is 2. The van der Waals surface area contributed by atoms with E-state index >= 15 is 0 Å². The number of fused-ring (bicyclic) bond motifs is 1. The minimum absolute atomic E-state index is 0.0535. The van der Waals surface area contributed by atoms with Crippen molar-refractivity contribution in [2.24, 2.45) is 28.6 Å². The summed E-state index contributed by atoms with van der Waals surface area (Å²) in [5, 5.41) is 11.7. The van der Waals surface area contributed by atoms with Crippen LogP contribution in [0, 0.1) is 17.8 Å². The molecule has 0 aromatic heterocycles. The summed E-state index contributed by atoms with van der Waals surface area (Å²) in [6.45, 7) is 0. The number of nitrogens with zero attached hydrogens (tertiary/aromatic N) is 2. The number of anilines is 1. The second-order valence-corrected chi connectivity index (χ2v) is 6.07. The van der Waals surface area contributed by atoms with Crippen molar-refractivity contribution in [3.05, 3.63) is 29.8 Å². The predicted molar refractivity (Wildman–Crippen MR) is 81.3 cm³/mol. The van der Waals surface area contributed by atoms with Gasteiger partial charge in [0.05, 0.1) is 0 Å². The number of oxime groups is 1. The molecular formula is C16H21N3O2. The lowest BCUT2D eigenvalue weighted by molar-refractivity contribution is -0.120. The van der Waals surface area contributed by atoms with Gasteiger partial charge in [0.2, 0.25) is 5.91 Å². The molecule has 1 aromatic carbocycles. The fraction of sp³-hybridized carbons (Fsp3) is 0.500. The van der Waals surface area contributed by atoms with Crippen molar-refractivity contribution in [2.75, 3.05) is 11.9 Å². The number of rotatable bonds is 3. The van der Waals surface area contributed by atoms with E-state index in [9.17, 15) is 4.79 Å². The third-order valence-electron chi connectivity index (χ3n) is 4.91. The Balaban J connectivity index is 1.76. The van der Waals surface area contributed by atoms with Crippen LogP contribution in [0.15, 0.2) is 29.4 Å². The van der Waals surface area contributed by atoms with E-state index in [0.717, 1.165) is 5.69 Å². The second-order valence-electron chi connectivity index (χ2n) is 6.07. The SMILES string of the molecule is CN(C(=O)C1C2CCCCC21)c1cccc(/C(N)=N/O)c1. The van der Waals surface area contributed by atoms with E-state index in [1.807, 2.05) is 12.1 Å². The van der Waals surface area contributed by atoms with Gasteiger partial charge in [-0.15, -0.1) is 0 Å². The highest BCUT2D eigenvalue weighted by atomic mass is 16.4. The fourth-order valence-electron chi connectivity index (χ4n) is 3.64. The lowest BCUT2D eigenvalue weighted by Crippen LogP contribution is -2.29. The van der Waals surface area contributed by atoms with Crippen LogP contribution < -0.4 is 10.6 Å². The van der Waals surface area contributed by atoms with Gasteiger partial charge in [0.25, 0.3) is 0 Å². The Morgan fingerprint density at radius 2 is 2.00 bits per heavy atom. The largest absolute Gasteiger partial charge is 0.409 e. The molecule has 0 spiro atoms. The van der Waals surface area contributed by atoms with Gasteiger partial charge in [-0.3, -0.25) is 4.79 Å². The molecule has 1 aromatic rings. The van der Waals surface area contributed by atoms with E-state index in [1.165, 1.54) is 25.7 Å². The molecule has 1 amide bonds. The maximum Gasteiger partial charge on any atom is 0.230 e. The van der Waals surface area contributed by atoms with Crippen molar-refractivity contribution in [1.82, 2.24) is 0 Å². The first-order valence-corrected chi connectivity index (χ1v) is 7.49. The van der Waals surface area contributed by atoms with Crippen LogP contribution in [0.1, 0.15) is 31.2 Å². The van der Waals surface area contributed by atoms with E-state index in [1.54, 1.807) is 24.1 Å². The number of benzene rings is 1. The van der Waals surface area contributed by atoms with E-state index < -0.39 is 0 Å². The van der Waals surface area contributed by atoms with Crippen LogP contribution >= 0.6 is 0 Å². The fourth-order valence-corrected chi connectivity index (χ4v) is 3.64. The molecule has 2 unspecified atom stereocenters. The maximum atomic E-state index is 12.6. The zero-order chi connectivity index (χ0) is 15.0. The highest BCUT2D eigenvalue weighted by Crippen LogP contribution is 2.56. The van der Waals surface area contributed by atoms with Crippen LogP contribution in [-0.2, 0) is 4.79 Å². The highest BCUT2D eigenvalue weighted by molar-refractivity contribution is 6.00. The van der Waals surface area contributed by atoms with Gasteiger partial charge in [0.1, 0.15) is 0 Å². The molecule has 2 fully saturated rings. The zero-order valence-corrected chi connectivity index (χ0v) is 12.2. The third-order valence-corrected chi connectivity index (χ3v) is 4.91. The molecule has 0 saturated heterocycles. The maximum absolute atomic E-state index is 12.6. The molecule has 2 saturated carbocycles. The van der Waals surface area contributed by atoms with Gasteiger partial charge in [-0.05, 0) is 36.8 Å². The first kappa shape index (κ1) is 13.9. The first-order chi connectivity index (χ1) is 10.1. The Hall–Kier alpha value is -2.04. The predicted octanol–water partition coefficient (Wildman–Crippen LogP) is 2.18. The molecular weight excluding hydrogens is 266 g/mol. The third kappa shape index (κ3) is 2.48. The second kappa shape index (κ2) is 5.39. The summed E-state index contributed by atoms with van der Waals surface area (Å²) in [5.74, 6) is 1.65. The van der Waals surface area contributed by atoms with E-state index in [2.05, 4.69) is 5.16 Å². The Morgan fingerprint density at radius 3 is 2.62 bits per heavy atom. The summed E-state index contributed by atoms with van der Waals surface area (Å²) in [5.41, 5.74) is 7.00. The van der Waals surface area contributed by atoms with Gasteiger partial charge in [-0.1, -0.05) is 30.1 Å². The van der Waals surface area contributed by atoms with Crippen LogP contribution in [0.25, 0.3) is 0 Å². The first-order valence-electron chi connectivity index (χ1n) is 7.49. The van der Waals surface area contributed by atoms with E-state index in [4.69, 9.17) is 10.9 Å². The van der Waals surface area contributed by atoms with Gasteiger partial charge >= 0.3 is 0 Å². The monoisotopic (exact) mass is 287 g/mol. The van der Waals surface area contributed by atoms with Gasteiger partial charge < -0.3 is 15.8 Å². The van der Waals surface area contributed by atoms with Gasteiger partial charge in [-0.2, -0.15) is 0 Å².